The molecule has 0 aliphatic rings. The first kappa shape index (κ1) is 12.3. The van der Waals surface area contributed by atoms with Crippen molar-refractivity contribution in [1.29, 1.82) is 0 Å². The summed E-state index contributed by atoms with van der Waals surface area (Å²) in [5.41, 5.74) is 6.79. The lowest BCUT2D eigenvalue weighted by Gasteiger charge is -2.09. The summed E-state index contributed by atoms with van der Waals surface area (Å²) in [6.45, 7) is 0.212. The summed E-state index contributed by atoms with van der Waals surface area (Å²) in [5, 5.41) is 3.81. The Hall–Kier alpha value is -2.21. The summed E-state index contributed by atoms with van der Waals surface area (Å²) in [5.74, 6) is 0.815. The topological polar surface area (TPSA) is 85.2 Å². The third-order valence-electron chi connectivity index (χ3n) is 2.44. The van der Waals surface area contributed by atoms with Crippen molar-refractivity contribution in [2.75, 3.05) is 14.1 Å². The third kappa shape index (κ3) is 2.38. The number of carbonyl (C=O) groups excluding carboxylic acids is 1. The van der Waals surface area contributed by atoms with E-state index in [2.05, 4.69) is 10.1 Å². The molecule has 0 spiro atoms. The SMILES string of the molecule is CN(C)C(=O)c1ccc(-c2noc(CN)n2)cc1. The van der Waals surface area contributed by atoms with E-state index in [4.69, 9.17) is 10.3 Å². The van der Waals surface area contributed by atoms with Gasteiger partial charge < -0.3 is 15.2 Å². The van der Waals surface area contributed by atoms with Crippen LogP contribution in [-0.2, 0) is 6.54 Å². The van der Waals surface area contributed by atoms with Gasteiger partial charge in [-0.25, -0.2) is 0 Å². The number of amides is 1. The number of nitrogens with two attached hydrogens (primary N) is 1. The molecule has 0 saturated carbocycles. The van der Waals surface area contributed by atoms with Gasteiger partial charge in [0.15, 0.2) is 0 Å². The highest BCUT2D eigenvalue weighted by molar-refractivity contribution is 5.94. The highest BCUT2D eigenvalue weighted by atomic mass is 16.5. The Morgan fingerprint density at radius 2 is 2.00 bits per heavy atom. The minimum Gasteiger partial charge on any atom is -0.345 e. The number of rotatable bonds is 3. The summed E-state index contributed by atoms with van der Waals surface area (Å²) in [6.07, 6.45) is 0. The molecule has 1 aromatic heterocycles. The zero-order chi connectivity index (χ0) is 13.1. The van der Waals surface area contributed by atoms with Crippen molar-refractivity contribution in [3.05, 3.63) is 35.7 Å². The van der Waals surface area contributed by atoms with E-state index in [1.54, 1.807) is 38.4 Å². The molecule has 1 amide bonds. The van der Waals surface area contributed by atoms with E-state index in [-0.39, 0.29) is 12.5 Å². The second-order valence-electron chi connectivity index (χ2n) is 3.99. The van der Waals surface area contributed by atoms with Crippen LogP contribution in [0.2, 0.25) is 0 Å². The third-order valence-corrected chi connectivity index (χ3v) is 2.44. The van der Waals surface area contributed by atoms with Crippen LogP contribution in [0.15, 0.2) is 28.8 Å². The first-order valence-corrected chi connectivity index (χ1v) is 5.46. The number of benzene rings is 1. The molecule has 2 rings (SSSR count). The lowest BCUT2D eigenvalue weighted by atomic mass is 10.1. The molecule has 94 valence electrons. The normalized spacial score (nSPS) is 10.4. The first-order valence-electron chi connectivity index (χ1n) is 5.46. The molecule has 1 heterocycles. The van der Waals surface area contributed by atoms with E-state index < -0.39 is 0 Å². The maximum atomic E-state index is 11.7. The average molecular weight is 246 g/mol. The molecule has 0 saturated heterocycles. The molecule has 0 bridgehead atoms. The molecule has 6 nitrogen and oxygen atoms in total. The number of aromatic nitrogens is 2. The lowest BCUT2D eigenvalue weighted by molar-refractivity contribution is 0.0827. The Morgan fingerprint density at radius 1 is 1.33 bits per heavy atom. The van der Waals surface area contributed by atoms with Gasteiger partial charge in [0.25, 0.3) is 5.91 Å². The second-order valence-corrected chi connectivity index (χ2v) is 3.99. The summed E-state index contributed by atoms with van der Waals surface area (Å²) >= 11 is 0. The molecule has 1 aromatic carbocycles. The summed E-state index contributed by atoms with van der Waals surface area (Å²) in [4.78, 5) is 17.3. The van der Waals surface area contributed by atoms with Crippen molar-refractivity contribution in [2.45, 2.75) is 6.54 Å². The molecule has 0 aliphatic heterocycles. The number of hydrogen-bond acceptors (Lipinski definition) is 5. The second kappa shape index (κ2) is 4.97. The van der Waals surface area contributed by atoms with E-state index in [9.17, 15) is 4.79 Å². The summed E-state index contributed by atoms with van der Waals surface area (Å²) in [6, 6.07) is 7.02. The molecule has 2 aromatic rings. The van der Waals surface area contributed by atoms with Crippen LogP contribution in [0.25, 0.3) is 11.4 Å². The van der Waals surface area contributed by atoms with Crippen molar-refractivity contribution in [3.8, 4) is 11.4 Å². The smallest absolute Gasteiger partial charge is 0.253 e. The Bertz CT molecular complexity index is 545. The quantitative estimate of drug-likeness (QED) is 0.869. The van der Waals surface area contributed by atoms with Crippen LogP contribution < -0.4 is 5.73 Å². The molecule has 2 N–H and O–H groups in total. The van der Waals surface area contributed by atoms with Crippen LogP contribution in [0.1, 0.15) is 16.2 Å². The lowest BCUT2D eigenvalue weighted by Crippen LogP contribution is -2.21. The van der Waals surface area contributed by atoms with E-state index in [0.29, 0.717) is 17.3 Å². The van der Waals surface area contributed by atoms with Crippen molar-refractivity contribution >= 4 is 5.91 Å². The van der Waals surface area contributed by atoms with Gasteiger partial charge in [0.2, 0.25) is 11.7 Å². The van der Waals surface area contributed by atoms with Crippen LogP contribution in [0.5, 0.6) is 0 Å². The molecule has 18 heavy (non-hydrogen) atoms. The van der Waals surface area contributed by atoms with Crippen LogP contribution in [0, 0.1) is 0 Å². The van der Waals surface area contributed by atoms with Gasteiger partial charge in [0.1, 0.15) is 0 Å². The molecule has 0 radical (unpaired) electrons. The summed E-state index contributed by atoms with van der Waals surface area (Å²) in [7, 11) is 3.42. The Kier molecular flexibility index (Phi) is 3.38. The van der Waals surface area contributed by atoms with Gasteiger partial charge in [-0.1, -0.05) is 17.3 Å². The molecule has 0 aliphatic carbocycles. The van der Waals surface area contributed by atoms with Crippen molar-refractivity contribution in [1.82, 2.24) is 15.0 Å². The van der Waals surface area contributed by atoms with Crippen molar-refractivity contribution < 1.29 is 9.32 Å². The number of hydrogen-bond donors (Lipinski definition) is 1. The zero-order valence-corrected chi connectivity index (χ0v) is 10.3. The van der Waals surface area contributed by atoms with Gasteiger partial charge in [-0.2, -0.15) is 4.98 Å². The fourth-order valence-corrected chi connectivity index (χ4v) is 1.48. The monoisotopic (exact) mass is 246 g/mol. The minimum atomic E-state index is -0.0442. The highest BCUT2D eigenvalue weighted by Crippen LogP contribution is 2.16. The van der Waals surface area contributed by atoms with Crippen LogP contribution in [-0.4, -0.2) is 35.0 Å². The fourth-order valence-electron chi connectivity index (χ4n) is 1.48. The van der Waals surface area contributed by atoms with Crippen LogP contribution in [0.3, 0.4) is 0 Å². The predicted molar refractivity (Wildman–Crippen MR) is 65.6 cm³/mol. The number of carbonyl (C=O) groups is 1. The molecule has 0 atom stereocenters. The highest BCUT2D eigenvalue weighted by Gasteiger charge is 2.10. The standard InChI is InChI=1S/C12H14N4O2/c1-16(2)12(17)9-5-3-8(4-6-9)11-14-10(7-13)18-15-11/h3-6H,7,13H2,1-2H3. The van der Waals surface area contributed by atoms with Crippen LogP contribution >= 0.6 is 0 Å². The predicted octanol–water partition coefficient (Wildman–Crippen LogP) is 0.897. The van der Waals surface area contributed by atoms with Gasteiger partial charge in [-0.15, -0.1) is 0 Å². The zero-order valence-electron chi connectivity index (χ0n) is 10.3. The maximum Gasteiger partial charge on any atom is 0.253 e. The Morgan fingerprint density at radius 3 is 2.50 bits per heavy atom. The number of nitrogens with zero attached hydrogens (tertiary/aromatic N) is 3. The van der Waals surface area contributed by atoms with E-state index in [1.165, 1.54) is 4.90 Å². The van der Waals surface area contributed by atoms with Gasteiger partial charge in [0.05, 0.1) is 6.54 Å². The average Bonchev–Trinajstić information content (AvgIpc) is 2.86. The Labute approximate surface area is 104 Å². The fraction of sp³-hybridized carbons (Fsp3) is 0.250. The van der Waals surface area contributed by atoms with E-state index >= 15 is 0 Å². The summed E-state index contributed by atoms with van der Waals surface area (Å²) < 4.78 is 4.92. The van der Waals surface area contributed by atoms with E-state index in [1.807, 2.05) is 0 Å². The van der Waals surface area contributed by atoms with Gasteiger partial charge in [0, 0.05) is 25.2 Å². The van der Waals surface area contributed by atoms with Gasteiger partial charge in [-0.3, -0.25) is 4.79 Å². The van der Waals surface area contributed by atoms with Crippen molar-refractivity contribution in [3.63, 3.8) is 0 Å². The van der Waals surface area contributed by atoms with E-state index in [0.717, 1.165) is 5.56 Å². The molecule has 0 fully saturated rings. The maximum absolute atomic E-state index is 11.7. The largest absolute Gasteiger partial charge is 0.345 e. The van der Waals surface area contributed by atoms with Crippen LogP contribution in [0.4, 0.5) is 0 Å². The molecular weight excluding hydrogens is 232 g/mol. The molecule has 0 unspecified atom stereocenters. The van der Waals surface area contributed by atoms with Gasteiger partial charge in [-0.05, 0) is 12.1 Å². The van der Waals surface area contributed by atoms with Gasteiger partial charge >= 0.3 is 0 Å². The molecular formula is C12H14N4O2. The Balaban J connectivity index is 2.24. The van der Waals surface area contributed by atoms with Crippen molar-refractivity contribution in [2.24, 2.45) is 5.73 Å². The first-order chi connectivity index (χ1) is 8.61. The molecule has 6 heteroatoms. The minimum absolute atomic E-state index is 0.0442.